The van der Waals surface area contributed by atoms with Gasteiger partial charge in [-0.2, -0.15) is 0 Å². The number of aryl methyl sites for hydroxylation is 1. The molecule has 0 bridgehead atoms. The van der Waals surface area contributed by atoms with Crippen molar-refractivity contribution in [3.63, 3.8) is 0 Å². The van der Waals surface area contributed by atoms with E-state index in [4.69, 9.17) is 4.42 Å². The van der Waals surface area contributed by atoms with Crippen LogP contribution in [0.15, 0.2) is 205 Å². The molecule has 0 saturated heterocycles. The van der Waals surface area contributed by atoms with Crippen LogP contribution < -0.4 is 9.80 Å². The van der Waals surface area contributed by atoms with Gasteiger partial charge in [-0.1, -0.05) is 140 Å². The monoisotopic (exact) mass is 795 g/mol. The SMILES string of the molecule is Cc1c(N(c2ccc(N3c4ccccc4C4(c5ccccc5-c5ccccc54)c4ccccc43)cc2)c2ccc3c4c(n(-c5ccccc5)c3c2)CCC=C4)oc2ccccc12. The molecule has 0 fully saturated rings. The normalized spacial score (nSPS) is 14.1. The minimum absolute atomic E-state index is 0.447. The predicted molar refractivity (Wildman–Crippen MR) is 255 cm³/mol. The Morgan fingerprint density at radius 3 is 1.82 bits per heavy atom. The van der Waals surface area contributed by atoms with Crippen molar-refractivity contribution in [2.45, 2.75) is 25.2 Å². The highest BCUT2D eigenvalue weighted by atomic mass is 16.4. The first-order valence-electron chi connectivity index (χ1n) is 21.7. The lowest BCUT2D eigenvalue weighted by atomic mass is 9.64. The fraction of sp³-hybridized carbons (Fsp3) is 0.0690. The van der Waals surface area contributed by atoms with E-state index < -0.39 is 5.41 Å². The van der Waals surface area contributed by atoms with Gasteiger partial charge in [-0.15, -0.1) is 0 Å². The number of anilines is 6. The molecular weight excluding hydrogens is 755 g/mol. The van der Waals surface area contributed by atoms with Crippen molar-refractivity contribution in [1.82, 2.24) is 4.57 Å². The number of para-hydroxylation sites is 4. The van der Waals surface area contributed by atoms with Gasteiger partial charge in [0.05, 0.1) is 28.0 Å². The van der Waals surface area contributed by atoms with E-state index in [9.17, 15) is 0 Å². The van der Waals surface area contributed by atoms with Crippen LogP contribution in [0.4, 0.5) is 34.3 Å². The quantitative estimate of drug-likeness (QED) is 0.173. The molecule has 294 valence electrons. The van der Waals surface area contributed by atoms with Crippen LogP contribution in [0.2, 0.25) is 0 Å². The summed E-state index contributed by atoms with van der Waals surface area (Å²) >= 11 is 0. The number of furan rings is 1. The maximum atomic E-state index is 6.83. The first kappa shape index (κ1) is 35.0. The fourth-order valence-electron chi connectivity index (χ4n) is 11.1. The molecule has 8 aromatic carbocycles. The Morgan fingerprint density at radius 2 is 1.13 bits per heavy atom. The van der Waals surface area contributed by atoms with Gasteiger partial charge in [0.1, 0.15) is 5.58 Å². The fourth-order valence-corrected chi connectivity index (χ4v) is 11.1. The molecule has 13 rings (SSSR count). The molecule has 2 aliphatic carbocycles. The summed E-state index contributed by atoms with van der Waals surface area (Å²) < 4.78 is 9.29. The third-order valence-corrected chi connectivity index (χ3v) is 13.6. The summed E-state index contributed by atoms with van der Waals surface area (Å²) in [5.41, 5.74) is 19.9. The number of hydrogen-bond donors (Lipinski definition) is 0. The minimum Gasteiger partial charge on any atom is -0.440 e. The number of fused-ring (bicyclic) bond motifs is 13. The summed E-state index contributed by atoms with van der Waals surface area (Å²) in [5, 5.41) is 2.37. The van der Waals surface area contributed by atoms with Crippen molar-refractivity contribution in [2.75, 3.05) is 9.80 Å². The van der Waals surface area contributed by atoms with Gasteiger partial charge in [-0.25, -0.2) is 0 Å². The molecule has 0 radical (unpaired) electrons. The molecule has 4 nitrogen and oxygen atoms in total. The van der Waals surface area contributed by atoms with Gasteiger partial charge in [0.25, 0.3) is 0 Å². The average Bonchev–Trinajstić information content (AvgIpc) is 3.95. The zero-order valence-electron chi connectivity index (χ0n) is 34.3. The predicted octanol–water partition coefficient (Wildman–Crippen LogP) is 15.3. The Bertz CT molecular complexity index is 3350. The van der Waals surface area contributed by atoms with E-state index in [1.807, 2.05) is 6.07 Å². The highest BCUT2D eigenvalue weighted by Gasteiger charge is 2.51. The van der Waals surface area contributed by atoms with Crippen LogP contribution >= 0.6 is 0 Å². The number of benzene rings is 8. The van der Waals surface area contributed by atoms with E-state index in [-0.39, 0.29) is 0 Å². The largest absolute Gasteiger partial charge is 0.440 e. The van der Waals surface area contributed by atoms with Crippen LogP contribution in [0.1, 0.15) is 45.5 Å². The lowest BCUT2D eigenvalue weighted by Crippen LogP contribution is -2.36. The lowest BCUT2D eigenvalue weighted by Gasteiger charge is -2.45. The first-order valence-corrected chi connectivity index (χ1v) is 21.7. The van der Waals surface area contributed by atoms with Crippen LogP contribution in [0.3, 0.4) is 0 Å². The molecule has 0 atom stereocenters. The molecule has 0 amide bonds. The molecule has 2 aromatic heterocycles. The van der Waals surface area contributed by atoms with Crippen LogP contribution in [-0.4, -0.2) is 4.57 Å². The van der Waals surface area contributed by atoms with Crippen LogP contribution in [0, 0.1) is 6.92 Å². The molecule has 62 heavy (non-hydrogen) atoms. The second-order valence-corrected chi connectivity index (χ2v) is 16.8. The van der Waals surface area contributed by atoms with Crippen molar-refractivity contribution < 1.29 is 4.42 Å². The topological polar surface area (TPSA) is 24.6 Å². The number of rotatable bonds is 5. The summed E-state index contributed by atoms with van der Waals surface area (Å²) in [6.45, 7) is 2.17. The molecule has 10 aromatic rings. The van der Waals surface area contributed by atoms with Crippen molar-refractivity contribution in [3.8, 4) is 16.8 Å². The van der Waals surface area contributed by atoms with Gasteiger partial charge < -0.3 is 13.9 Å². The Morgan fingerprint density at radius 1 is 0.532 bits per heavy atom. The van der Waals surface area contributed by atoms with Crippen LogP contribution in [0.25, 0.3) is 44.8 Å². The van der Waals surface area contributed by atoms with Gasteiger partial charge >= 0.3 is 0 Å². The number of hydrogen-bond acceptors (Lipinski definition) is 3. The highest BCUT2D eigenvalue weighted by molar-refractivity contribution is 5.99. The molecule has 1 spiro atoms. The summed E-state index contributed by atoms with van der Waals surface area (Å²) in [6.07, 6.45) is 6.65. The molecule has 3 heterocycles. The van der Waals surface area contributed by atoms with Gasteiger partial charge in [0.15, 0.2) is 0 Å². The van der Waals surface area contributed by atoms with Crippen molar-refractivity contribution in [3.05, 3.63) is 239 Å². The van der Waals surface area contributed by atoms with Crippen molar-refractivity contribution in [1.29, 1.82) is 0 Å². The zero-order valence-corrected chi connectivity index (χ0v) is 34.3. The van der Waals surface area contributed by atoms with Crippen LogP contribution in [0.5, 0.6) is 0 Å². The van der Waals surface area contributed by atoms with E-state index in [0.29, 0.717) is 0 Å². The number of nitrogens with zero attached hydrogens (tertiary/aromatic N) is 3. The molecule has 4 heteroatoms. The van der Waals surface area contributed by atoms with E-state index in [1.165, 1.54) is 72.6 Å². The van der Waals surface area contributed by atoms with E-state index in [0.717, 1.165) is 52.3 Å². The Balaban J connectivity index is 0.994. The lowest BCUT2D eigenvalue weighted by molar-refractivity contribution is 0.618. The second-order valence-electron chi connectivity index (χ2n) is 16.8. The second kappa shape index (κ2) is 13.3. The smallest absolute Gasteiger partial charge is 0.208 e. The first-order chi connectivity index (χ1) is 30.7. The maximum Gasteiger partial charge on any atom is 0.208 e. The highest BCUT2D eigenvalue weighted by Crippen LogP contribution is 2.63. The molecular formula is C58H41N3O. The Kier molecular flexibility index (Phi) is 7.53. The summed E-state index contributed by atoms with van der Waals surface area (Å²) in [5.74, 6) is 0.815. The number of aromatic nitrogens is 1. The van der Waals surface area contributed by atoms with E-state index >= 15 is 0 Å². The van der Waals surface area contributed by atoms with Gasteiger partial charge in [-0.3, -0.25) is 4.90 Å². The van der Waals surface area contributed by atoms with Gasteiger partial charge in [-0.05, 0) is 120 Å². The Hall–Kier alpha value is -7.82. The van der Waals surface area contributed by atoms with E-state index in [2.05, 4.69) is 222 Å². The number of allylic oxidation sites excluding steroid dienone is 1. The summed E-state index contributed by atoms with van der Waals surface area (Å²) in [6, 6.07) is 71.1. The summed E-state index contributed by atoms with van der Waals surface area (Å²) in [4.78, 5) is 4.76. The molecule has 0 N–H and O–H groups in total. The Labute approximate surface area is 360 Å². The molecule has 3 aliphatic rings. The van der Waals surface area contributed by atoms with Crippen molar-refractivity contribution >= 4 is 62.3 Å². The van der Waals surface area contributed by atoms with Crippen LogP contribution in [-0.2, 0) is 11.8 Å². The zero-order chi connectivity index (χ0) is 40.9. The third kappa shape index (κ3) is 4.78. The van der Waals surface area contributed by atoms with Crippen molar-refractivity contribution in [2.24, 2.45) is 0 Å². The van der Waals surface area contributed by atoms with Gasteiger partial charge in [0, 0.05) is 44.7 Å². The van der Waals surface area contributed by atoms with Gasteiger partial charge in [0.2, 0.25) is 5.88 Å². The molecule has 1 aliphatic heterocycles. The molecule has 0 unspecified atom stereocenters. The maximum absolute atomic E-state index is 6.83. The third-order valence-electron chi connectivity index (χ3n) is 13.6. The minimum atomic E-state index is -0.447. The molecule has 0 saturated carbocycles. The average molecular weight is 796 g/mol. The van der Waals surface area contributed by atoms with E-state index in [1.54, 1.807) is 0 Å². The standard InChI is InChI=1S/C58H41N3O/c1-38-43-19-8-16-30-56(43)62-57(38)59(42-35-36-47-46-22-7-13-27-52(46)60(55(47)37-42)39-17-3-2-4-18-39)40-31-33-41(34-32-40)61-53-28-14-11-25-50(53)58(51-26-12-15-29-54(51)61)48-23-9-5-20-44(48)45-21-6-10-24-49(45)58/h2-12,14-26,28-37H,13,27H2,1H3. The summed E-state index contributed by atoms with van der Waals surface area (Å²) in [7, 11) is 0.